The monoisotopic (exact) mass is 233 g/mol. The molecule has 0 aliphatic heterocycles. The third-order valence-electron chi connectivity index (χ3n) is 1.97. The van der Waals surface area contributed by atoms with Crippen molar-refractivity contribution in [3.8, 4) is 6.07 Å². The lowest BCUT2D eigenvalue weighted by molar-refractivity contribution is -0.107. The molecular formula is C12H11NO2S. The van der Waals surface area contributed by atoms with Gasteiger partial charge >= 0.3 is 0 Å². The zero-order chi connectivity index (χ0) is 12.1. The first-order chi connectivity index (χ1) is 7.56. The molecule has 0 atom stereocenters. The van der Waals surface area contributed by atoms with Crippen molar-refractivity contribution in [1.82, 2.24) is 0 Å². The molecule has 0 bridgehead atoms. The van der Waals surface area contributed by atoms with Gasteiger partial charge in [0.2, 0.25) is 5.12 Å². The Morgan fingerprint density at radius 3 is 2.56 bits per heavy atom. The summed E-state index contributed by atoms with van der Waals surface area (Å²) in [5, 5.41) is 17.4. The van der Waals surface area contributed by atoms with Crippen LogP contribution in [-0.4, -0.2) is 10.2 Å². The van der Waals surface area contributed by atoms with E-state index in [0.717, 1.165) is 22.2 Å². The van der Waals surface area contributed by atoms with Crippen LogP contribution in [-0.2, 0) is 4.79 Å². The number of aliphatic hydroxyl groups is 1. The average molecular weight is 233 g/mol. The second-order valence-corrected chi connectivity index (χ2v) is 4.24. The Morgan fingerprint density at radius 1 is 1.44 bits per heavy atom. The van der Waals surface area contributed by atoms with Crippen molar-refractivity contribution < 1.29 is 9.90 Å². The Morgan fingerprint density at radius 2 is 2.06 bits per heavy atom. The minimum absolute atomic E-state index is 0.201. The molecule has 0 aliphatic rings. The molecule has 0 radical (unpaired) electrons. The van der Waals surface area contributed by atoms with Gasteiger partial charge in [-0.3, -0.25) is 4.79 Å². The smallest absolute Gasteiger partial charge is 0.238 e. The lowest BCUT2D eigenvalue weighted by Gasteiger charge is -2.03. The summed E-state index contributed by atoms with van der Waals surface area (Å²) in [5.41, 5.74) is 0.766. The van der Waals surface area contributed by atoms with E-state index < -0.39 is 5.12 Å². The molecule has 0 spiro atoms. The van der Waals surface area contributed by atoms with Crippen molar-refractivity contribution in [3.05, 3.63) is 41.2 Å². The van der Waals surface area contributed by atoms with Gasteiger partial charge in [-0.25, -0.2) is 0 Å². The molecule has 0 fully saturated rings. The summed E-state index contributed by atoms with van der Waals surface area (Å²) in [6.07, 6.45) is 0. The van der Waals surface area contributed by atoms with Gasteiger partial charge in [-0.05, 0) is 37.2 Å². The SMILES string of the molecule is CC(O)=C(C#N)C(=O)Sc1ccccc1C. The Hall–Kier alpha value is -1.73. The quantitative estimate of drug-likeness (QED) is 0.369. The third-order valence-corrected chi connectivity index (χ3v) is 3.04. The van der Waals surface area contributed by atoms with Crippen molar-refractivity contribution in [2.75, 3.05) is 0 Å². The lowest BCUT2D eigenvalue weighted by atomic mass is 10.2. The second-order valence-electron chi connectivity index (χ2n) is 3.23. The van der Waals surface area contributed by atoms with Crippen LogP contribution in [0.4, 0.5) is 0 Å². The molecule has 1 aromatic carbocycles. The number of thioether (sulfide) groups is 1. The van der Waals surface area contributed by atoms with Crippen LogP contribution in [0.15, 0.2) is 40.5 Å². The van der Waals surface area contributed by atoms with Crippen LogP contribution in [0, 0.1) is 18.3 Å². The summed E-state index contributed by atoms with van der Waals surface area (Å²) in [6.45, 7) is 3.21. The van der Waals surface area contributed by atoms with Gasteiger partial charge in [0.1, 0.15) is 17.4 Å². The fraction of sp³-hybridized carbons (Fsp3) is 0.167. The number of aliphatic hydroxyl groups excluding tert-OH is 1. The molecular weight excluding hydrogens is 222 g/mol. The van der Waals surface area contributed by atoms with E-state index >= 15 is 0 Å². The summed E-state index contributed by atoms with van der Waals surface area (Å²) >= 11 is 0.952. The van der Waals surface area contributed by atoms with Crippen molar-refractivity contribution in [2.24, 2.45) is 0 Å². The Labute approximate surface area is 98.4 Å². The molecule has 1 aromatic rings. The predicted octanol–water partition coefficient (Wildman–Crippen LogP) is 2.97. The zero-order valence-electron chi connectivity index (χ0n) is 9.02. The van der Waals surface area contributed by atoms with E-state index in [1.807, 2.05) is 25.1 Å². The maximum absolute atomic E-state index is 11.7. The first kappa shape index (κ1) is 12.3. The van der Waals surface area contributed by atoms with E-state index in [9.17, 15) is 4.79 Å². The van der Waals surface area contributed by atoms with Gasteiger partial charge in [0.25, 0.3) is 0 Å². The van der Waals surface area contributed by atoms with Gasteiger partial charge in [0.05, 0.1) is 0 Å². The van der Waals surface area contributed by atoms with Crippen LogP contribution in [0.1, 0.15) is 12.5 Å². The van der Waals surface area contributed by atoms with Gasteiger partial charge in [-0.2, -0.15) is 5.26 Å². The summed E-state index contributed by atoms with van der Waals surface area (Å²) in [4.78, 5) is 12.5. The number of hydrogen-bond acceptors (Lipinski definition) is 4. The van der Waals surface area contributed by atoms with Crippen LogP contribution >= 0.6 is 11.8 Å². The number of allylic oxidation sites excluding steroid dienone is 1. The van der Waals surface area contributed by atoms with E-state index in [0.29, 0.717) is 0 Å². The molecule has 16 heavy (non-hydrogen) atoms. The van der Waals surface area contributed by atoms with Crippen molar-refractivity contribution in [1.29, 1.82) is 5.26 Å². The Bertz CT molecular complexity index is 482. The molecule has 4 heteroatoms. The molecule has 0 heterocycles. The van der Waals surface area contributed by atoms with Gasteiger partial charge in [0, 0.05) is 4.90 Å². The van der Waals surface area contributed by atoms with Gasteiger partial charge < -0.3 is 5.11 Å². The standard InChI is InChI=1S/C12H11NO2S/c1-8-5-3-4-6-11(8)16-12(15)10(7-13)9(2)14/h3-6,14H,1-2H3. The molecule has 0 saturated carbocycles. The maximum Gasteiger partial charge on any atom is 0.238 e. The highest BCUT2D eigenvalue weighted by molar-refractivity contribution is 8.14. The molecule has 3 nitrogen and oxygen atoms in total. The van der Waals surface area contributed by atoms with Crippen LogP contribution in [0.2, 0.25) is 0 Å². The molecule has 0 aliphatic carbocycles. The number of hydrogen-bond donors (Lipinski definition) is 1. The van der Waals surface area contributed by atoms with Gasteiger partial charge in [-0.15, -0.1) is 0 Å². The molecule has 0 amide bonds. The van der Waals surface area contributed by atoms with Crippen LogP contribution < -0.4 is 0 Å². The number of nitriles is 1. The summed E-state index contributed by atoms with van der Waals surface area (Å²) in [6, 6.07) is 9.09. The highest BCUT2D eigenvalue weighted by Crippen LogP contribution is 2.25. The van der Waals surface area contributed by atoms with Crippen molar-refractivity contribution in [3.63, 3.8) is 0 Å². The van der Waals surface area contributed by atoms with Gasteiger partial charge in [-0.1, -0.05) is 18.2 Å². The second kappa shape index (κ2) is 5.38. The fourth-order valence-electron chi connectivity index (χ4n) is 1.10. The van der Waals surface area contributed by atoms with E-state index in [4.69, 9.17) is 10.4 Å². The molecule has 1 rings (SSSR count). The normalized spacial score (nSPS) is 11.6. The molecule has 0 unspecified atom stereocenters. The number of carbonyl (C=O) groups is 1. The van der Waals surface area contributed by atoms with Crippen molar-refractivity contribution in [2.45, 2.75) is 18.7 Å². The van der Waals surface area contributed by atoms with E-state index in [-0.39, 0.29) is 11.3 Å². The lowest BCUT2D eigenvalue weighted by Crippen LogP contribution is -1.98. The molecule has 1 N–H and O–H groups in total. The highest BCUT2D eigenvalue weighted by atomic mass is 32.2. The largest absolute Gasteiger partial charge is 0.511 e. The summed E-state index contributed by atoms with van der Waals surface area (Å²) in [5.74, 6) is -0.242. The highest BCUT2D eigenvalue weighted by Gasteiger charge is 2.14. The maximum atomic E-state index is 11.7. The first-order valence-electron chi connectivity index (χ1n) is 4.64. The summed E-state index contributed by atoms with van der Waals surface area (Å²) < 4.78 is 0. The molecule has 0 saturated heterocycles. The zero-order valence-corrected chi connectivity index (χ0v) is 9.84. The molecule has 82 valence electrons. The first-order valence-corrected chi connectivity index (χ1v) is 5.45. The topological polar surface area (TPSA) is 61.1 Å². The predicted molar refractivity (Wildman–Crippen MR) is 63.0 cm³/mol. The number of rotatable bonds is 2. The minimum Gasteiger partial charge on any atom is -0.511 e. The number of carbonyl (C=O) groups excluding carboxylic acids is 1. The van der Waals surface area contributed by atoms with E-state index in [2.05, 4.69) is 0 Å². The van der Waals surface area contributed by atoms with Crippen LogP contribution in [0.25, 0.3) is 0 Å². The number of nitrogens with zero attached hydrogens (tertiary/aromatic N) is 1. The van der Waals surface area contributed by atoms with Gasteiger partial charge in [0.15, 0.2) is 0 Å². The van der Waals surface area contributed by atoms with Crippen molar-refractivity contribution >= 4 is 16.9 Å². The average Bonchev–Trinajstić information content (AvgIpc) is 2.22. The minimum atomic E-state index is -0.434. The van der Waals surface area contributed by atoms with E-state index in [1.165, 1.54) is 6.92 Å². The number of benzene rings is 1. The Kier molecular flexibility index (Phi) is 4.15. The number of aryl methyl sites for hydroxylation is 1. The fourth-order valence-corrected chi connectivity index (χ4v) is 1.97. The van der Waals surface area contributed by atoms with Crippen LogP contribution in [0.5, 0.6) is 0 Å². The Balaban J connectivity index is 2.93. The van der Waals surface area contributed by atoms with E-state index in [1.54, 1.807) is 12.1 Å². The third kappa shape index (κ3) is 2.88. The summed E-state index contributed by atoms with van der Waals surface area (Å²) in [7, 11) is 0. The molecule has 0 aromatic heterocycles. The van der Waals surface area contributed by atoms with Crippen LogP contribution in [0.3, 0.4) is 0 Å².